The second kappa shape index (κ2) is 12.8. The van der Waals surface area contributed by atoms with Crippen molar-refractivity contribution in [3.05, 3.63) is 72.3 Å². The van der Waals surface area contributed by atoms with Crippen LogP contribution in [0.4, 0.5) is 4.79 Å². The molecular formula is C36H40N6O6. The number of ether oxygens (including phenoxy) is 1. The molecule has 250 valence electrons. The molecule has 2 aromatic carbocycles. The number of alkyl carbamates (subject to hydrolysis) is 1. The number of fused-ring (bicyclic) bond motifs is 3. The number of hydrogen-bond acceptors (Lipinski definition) is 8. The Morgan fingerprint density at radius 3 is 2.19 bits per heavy atom. The van der Waals surface area contributed by atoms with Gasteiger partial charge in [-0.1, -0.05) is 80.5 Å². The van der Waals surface area contributed by atoms with Crippen LogP contribution in [-0.2, 0) is 24.0 Å². The fourth-order valence-electron chi connectivity index (χ4n) is 6.69. The van der Waals surface area contributed by atoms with Crippen LogP contribution in [0, 0.1) is 22.8 Å². The first-order valence-electron chi connectivity index (χ1n) is 16.3. The number of benzene rings is 2. The lowest BCUT2D eigenvalue weighted by atomic mass is 9.85. The van der Waals surface area contributed by atoms with E-state index < -0.39 is 53.0 Å². The molecular weight excluding hydrogens is 612 g/mol. The summed E-state index contributed by atoms with van der Waals surface area (Å²) in [6, 6.07) is 13.7. The van der Waals surface area contributed by atoms with Gasteiger partial charge in [-0.2, -0.15) is 5.26 Å². The number of nitrogens with zero attached hydrogens (tertiary/aromatic N) is 3. The number of carbonyl (C=O) groups excluding carboxylic acids is 4. The molecule has 1 heterocycles. The molecule has 3 aliphatic carbocycles. The van der Waals surface area contributed by atoms with Gasteiger partial charge in [0.1, 0.15) is 35.5 Å². The molecule has 0 aromatic heterocycles. The van der Waals surface area contributed by atoms with E-state index in [0.29, 0.717) is 5.71 Å². The predicted octanol–water partition coefficient (Wildman–Crippen LogP) is 3.76. The molecule has 4 aliphatic rings. The van der Waals surface area contributed by atoms with Gasteiger partial charge in [-0.25, -0.2) is 4.79 Å². The SMILES string of the molecule is C=CC1C[C@]1(NC(=O)[C@@H]1C[C@@H](ON=C2c3ccccc3-c3ccccc32)CN1C(=O)[C@H](NC(=O)OC1CCC1)C(C)(C)C)C(=O)NC#N. The molecule has 48 heavy (non-hydrogen) atoms. The van der Waals surface area contributed by atoms with Gasteiger partial charge in [-0.15, -0.1) is 6.58 Å². The van der Waals surface area contributed by atoms with Crippen molar-refractivity contribution in [2.75, 3.05) is 6.54 Å². The monoisotopic (exact) mass is 652 g/mol. The third kappa shape index (κ3) is 6.12. The average molecular weight is 653 g/mol. The zero-order valence-electron chi connectivity index (χ0n) is 27.3. The molecule has 1 aliphatic heterocycles. The number of nitrogens with one attached hydrogen (secondary N) is 3. The Morgan fingerprint density at radius 2 is 1.67 bits per heavy atom. The van der Waals surface area contributed by atoms with Crippen LogP contribution in [0.1, 0.15) is 64.0 Å². The summed E-state index contributed by atoms with van der Waals surface area (Å²) in [6.45, 7) is 9.22. The van der Waals surface area contributed by atoms with Crippen LogP contribution in [-0.4, -0.2) is 70.8 Å². The second-order valence-corrected chi connectivity index (χ2v) is 14.0. The van der Waals surface area contributed by atoms with Gasteiger partial charge in [-0.05, 0) is 42.2 Å². The maximum absolute atomic E-state index is 14.3. The predicted molar refractivity (Wildman–Crippen MR) is 176 cm³/mol. The molecule has 2 aromatic rings. The van der Waals surface area contributed by atoms with Crippen molar-refractivity contribution < 1.29 is 28.8 Å². The lowest BCUT2D eigenvalue weighted by Gasteiger charge is -2.36. The van der Waals surface area contributed by atoms with Crippen molar-refractivity contribution in [1.29, 1.82) is 5.26 Å². The Hall–Kier alpha value is -5.18. The topological polar surface area (TPSA) is 162 Å². The highest BCUT2D eigenvalue weighted by atomic mass is 16.6. The van der Waals surface area contributed by atoms with Crippen molar-refractivity contribution in [3.63, 3.8) is 0 Å². The normalized spacial score (nSPS) is 24.5. The summed E-state index contributed by atoms with van der Waals surface area (Å²) in [6.07, 6.45) is 4.51. The van der Waals surface area contributed by atoms with Gasteiger partial charge < -0.3 is 25.1 Å². The summed E-state index contributed by atoms with van der Waals surface area (Å²) in [7, 11) is 0. The summed E-state index contributed by atoms with van der Waals surface area (Å²) in [5.41, 5.74) is 2.45. The number of rotatable bonds is 9. The molecule has 3 fully saturated rings. The molecule has 1 saturated heterocycles. The Bertz CT molecular complexity index is 1670. The number of hydrogen-bond donors (Lipinski definition) is 3. The van der Waals surface area contributed by atoms with Gasteiger partial charge in [0.05, 0.1) is 6.54 Å². The molecule has 1 unspecified atom stereocenters. The van der Waals surface area contributed by atoms with E-state index >= 15 is 0 Å². The van der Waals surface area contributed by atoms with E-state index in [1.54, 1.807) is 12.3 Å². The van der Waals surface area contributed by atoms with Crippen LogP contribution < -0.4 is 16.0 Å². The van der Waals surface area contributed by atoms with E-state index in [1.807, 2.05) is 69.3 Å². The molecule has 6 rings (SSSR count). The molecule has 0 bridgehead atoms. The molecule has 2 saturated carbocycles. The summed E-state index contributed by atoms with van der Waals surface area (Å²) >= 11 is 0. The zero-order valence-corrected chi connectivity index (χ0v) is 27.3. The van der Waals surface area contributed by atoms with E-state index in [1.165, 1.54) is 4.90 Å². The Balaban J connectivity index is 1.27. The third-order valence-electron chi connectivity index (χ3n) is 9.72. The second-order valence-electron chi connectivity index (χ2n) is 14.0. The van der Waals surface area contributed by atoms with E-state index in [0.717, 1.165) is 41.5 Å². The van der Waals surface area contributed by atoms with Gasteiger partial charge in [0.25, 0.3) is 5.91 Å². The summed E-state index contributed by atoms with van der Waals surface area (Å²) < 4.78 is 5.50. The quantitative estimate of drug-likeness (QED) is 0.137. The summed E-state index contributed by atoms with van der Waals surface area (Å²) in [5, 5.41) is 21.4. The van der Waals surface area contributed by atoms with Crippen LogP contribution in [0.25, 0.3) is 11.1 Å². The van der Waals surface area contributed by atoms with Crippen molar-refractivity contribution in [3.8, 4) is 17.3 Å². The molecule has 5 atom stereocenters. The zero-order chi connectivity index (χ0) is 34.2. The standard InChI is InChI=1S/C36H40N6O6/c1-5-21-18-36(21,33(45)38-20-37)40-31(43)28-17-23(48-41-29-26-15-8-6-13-24(26)25-14-7-9-16-27(25)29)19-42(28)32(44)30(35(2,3)4)39-34(46)47-22-11-10-12-22/h5-9,13-16,21-23,28,30H,1,10-12,17-19H2,2-4H3,(H,38,45)(H,39,46)(H,40,43)/t21?,23-,28+,30+,36-/m1/s1. The first-order chi connectivity index (χ1) is 23.0. The first-order valence-corrected chi connectivity index (χ1v) is 16.3. The van der Waals surface area contributed by atoms with Gasteiger partial charge in [-0.3, -0.25) is 19.7 Å². The van der Waals surface area contributed by atoms with Crippen molar-refractivity contribution in [2.45, 2.75) is 82.7 Å². The van der Waals surface area contributed by atoms with Gasteiger partial charge in [0, 0.05) is 23.5 Å². The molecule has 3 N–H and O–H groups in total. The maximum atomic E-state index is 14.3. The number of carbonyl (C=O) groups is 4. The number of amides is 4. The first kappa shape index (κ1) is 32.7. The van der Waals surface area contributed by atoms with Crippen LogP contribution in [0.15, 0.2) is 66.3 Å². The molecule has 12 heteroatoms. The van der Waals surface area contributed by atoms with Gasteiger partial charge in [0.15, 0.2) is 6.19 Å². The molecule has 4 amide bonds. The minimum Gasteiger partial charge on any atom is -0.446 e. The highest BCUT2D eigenvalue weighted by Gasteiger charge is 2.61. The minimum atomic E-state index is -1.35. The van der Waals surface area contributed by atoms with E-state index in [9.17, 15) is 19.2 Å². The van der Waals surface area contributed by atoms with Crippen LogP contribution in [0.3, 0.4) is 0 Å². The molecule has 0 spiro atoms. The van der Waals surface area contributed by atoms with Gasteiger partial charge >= 0.3 is 6.09 Å². The largest absolute Gasteiger partial charge is 0.446 e. The number of oxime groups is 1. The Kier molecular flexibility index (Phi) is 8.72. The van der Waals surface area contributed by atoms with E-state index in [-0.39, 0.29) is 31.4 Å². The smallest absolute Gasteiger partial charge is 0.408 e. The molecule has 0 radical (unpaired) electrons. The lowest BCUT2D eigenvalue weighted by molar-refractivity contribution is -0.143. The third-order valence-corrected chi connectivity index (χ3v) is 9.72. The van der Waals surface area contributed by atoms with E-state index in [4.69, 9.17) is 14.8 Å². The summed E-state index contributed by atoms with van der Waals surface area (Å²) in [4.78, 5) is 61.6. The van der Waals surface area contributed by atoms with Gasteiger partial charge in [0.2, 0.25) is 11.8 Å². The Labute approximate surface area is 279 Å². The van der Waals surface area contributed by atoms with E-state index in [2.05, 4.69) is 27.7 Å². The maximum Gasteiger partial charge on any atom is 0.408 e. The van der Waals surface area contributed by atoms with Crippen LogP contribution in [0.5, 0.6) is 0 Å². The van der Waals surface area contributed by atoms with Crippen LogP contribution >= 0.6 is 0 Å². The minimum absolute atomic E-state index is 0.00516. The van der Waals surface area contributed by atoms with Crippen molar-refractivity contribution in [1.82, 2.24) is 20.9 Å². The number of nitriles is 1. The Morgan fingerprint density at radius 1 is 1.04 bits per heavy atom. The van der Waals surface area contributed by atoms with Crippen molar-refractivity contribution in [2.24, 2.45) is 16.5 Å². The fraction of sp³-hybridized carbons (Fsp3) is 0.444. The van der Waals surface area contributed by atoms with Crippen LogP contribution in [0.2, 0.25) is 0 Å². The summed E-state index contributed by atoms with van der Waals surface area (Å²) in [5.74, 6) is -2.10. The number of likely N-dealkylation sites (tertiary alicyclic amines) is 1. The van der Waals surface area contributed by atoms with Crippen molar-refractivity contribution >= 4 is 29.5 Å². The fourth-order valence-corrected chi connectivity index (χ4v) is 6.69. The highest BCUT2D eigenvalue weighted by Crippen LogP contribution is 2.45. The lowest BCUT2D eigenvalue weighted by Crippen LogP contribution is -2.60. The highest BCUT2D eigenvalue weighted by molar-refractivity contribution is 6.24. The molecule has 12 nitrogen and oxygen atoms in total. The average Bonchev–Trinajstić information content (AvgIpc) is 3.43.